The molecule has 1 aliphatic carbocycles. The first-order valence-corrected chi connectivity index (χ1v) is 11.8. The third-order valence-corrected chi connectivity index (χ3v) is 7.68. The molecule has 2 heterocycles. The maximum Gasteiger partial charge on any atom is 0.162 e. The Kier molecular flexibility index (Phi) is 7.16. The molecule has 1 aromatic rings. The summed E-state index contributed by atoms with van der Waals surface area (Å²) in [6, 6.07) is 10.5. The van der Waals surface area contributed by atoms with Crippen LogP contribution in [-0.4, -0.2) is 28.7 Å². The number of benzene rings is 1. The van der Waals surface area contributed by atoms with Gasteiger partial charge in [-0.05, 0) is 48.5 Å². The van der Waals surface area contributed by atoms with Crippen molar-refractivity contribution in [1.29, 1.82) is 0 Å². The van der Waals surface area contributed by atoms with E-state index in [0.717, 1.165) is 36.3 Å². The minimum Gasteiger partial charge on any atom is -0.367 e. The Morgan fingerprint density at radius 2 is 1.88 bits per heavy atom. The standard InChI is InChI=1S/C21H28Br2O2/c1-2-6-15(14-7-4-3-5-8-14)10-19(24)21-18-9-17(13-23)20(25-21)11-16(18)12-22/h3-5,7-8,15-18,20-21H,2,6,9-13H2,1H3. The van der Waals surface area contributed by atoms with Gasteiger partial charge in [0, 0.05) is 17.1 Å². The second-order valence-electron chi connectivity index (χ2n) is 7.63. The highest BCUT2D eigenvalue weighted by atomic mass is 79.9. The van der Waals surface area contributed by atoms with Gasteiger partial charge in [0.25, 0.3) is 0 Å². The number of hydrogen-bond donors (Lipinski definition) is 0. The maximum absolute atomic E-state index is 13.2. The van der Waals surface area contributed by atoms with Crippen molar-refractivity contribution in [2.45, 2.75) is 57.2 Å². The van der Waals surface area contributed by atoms with E-state index in [2.05, 4.69) is 63.0 Å². The van der Waals surface area contributed by atoms with Gasteiger partial charge in [0.2, 0.25) is 0 Å². The van der Waals surface area contributed by atoms with Gasteiger partial charge in [-0.2, -0.15) is 0 Å². The Hall–Kier alpha value is -0.190. The highest BCUT2D eigenvalue weighted by molar-refractivity contribution is 9.09. The number of Topliss-reactive ketones (excluding diaryl/α,β-unsaturated/α-hetero) is 1. The topological polar surface area (TPSA) is 26.3 Å². The molecule has 2 nitrogen and oxygen atoms in total. The molecule has 0 spiro atoms. The quantitative estimate of drug-likeness (QED) is 0.452. The second kappa shape index (κ2) is 9.14. The molecule has 138 valence electrons. The van der Waals surface area contributed by atoms with Crippen LogP contribution in [0.2, 0.25) is 0 Å². The third-order valence-electron chi connectivity index (χ3n) is 6.02. The Balaban J connectivity index is 1.71. The van der Waals surface area contributed by atoms with Gasteiger partial charge in [-0.15, -0.1) is 0 Å². The highest BCUT2D eigenvalue weighted by Gasteiger charge is 2.49. The first kappa shape index (κ1) is 19.6. The molecule has 2 saturated heterocycles. The summed E-state index contributed by atoms with van der Waals surface area (Å²) >= 11 is 7.29. The van der Waals surface area contributed by atoms with Gasteiger partial charge in [-0.1, -0.05) is 75.5 Å². The molecule has 3 aliphatic rings. The van der Waals surface area contributed by atoms with Gasteiger partial charge in [-0.25, -0.2) is 0 Å². The molecule has 0 amide bonds. The predicted octanol–water partition coefficient (Wildman–Crippen LogP) is 5.73. The largest absolute Gasteiger partial charge is 0.367 e. The molecule has 2 bridgehead atoms. The fourth-order valence-electron chi connectivity index (χ4n) is 4.66. The van der Waals surface area contributed by atoms with Crippen LogP contribution < -0.4 is 0 Å². The van der Waals surface area contributed by atoms with Crippen molar-refractivity contribution in [3.63, 3.8) is 0 Å². The number of fused-ring (bicyclic) bond motifs is 3. The summed E-state index contributed by atoms with van der Waals surface area (Å²) in [5, 5.41) is 1.96. The van der Waals surface area contributed by atoms with Gasteiger partial charge >= 0.3 is 0 Å². The fraction of sp³-hybridized carbons (Fsp3) is 0.667. The van der Waals surface area contributed by atoms with Crippen LogP contribution in [0.5, 0.6) is 0 Å². The Morgan fingerprint density at radius 1 is 1.16 bits per heavy atom. The Morgan fingerprint density at radius 3 is 2.48 bits per heavy atom. The number of hydrogen-bond acceptors (Lipinski definition) is 2. The lowest BCUT2D eigenvalue weighted by Gasteiger charge is -2.50. The number of ketones is 1. The highest BCUT2D eigenvalue weighted by Crippen LogP contribution is 2.46. The minimum atomic E-state index is -0.195. The zero-order valence-corrected chi connectivity index (χ0v) is 18.0. The summed E-state index contributed by atoms with van der Waals surface area (Å²) in [4.78, 5) is 13.2. The normalized spacial score (nSPS) is 32.5. The SMILES string of the molecule is CCCC(CC(=O)C1OC2CC(CBr)C1CC2CBr)c1ccccc1. The van der Waals surface area contributed by atoms with E-state index in [9.17, 15) is 4.79 Å². The number of carbonyl (C=O) groups excluding carboxylic acids is 1. The van der Waals surface area contributed by atoms with Crippen molar-refractivity contribution in [1.82, 2.24) is 0 Å². The molecular weight excluding hydrogens is 444 g/mol. The molecule has 2 aliphatic heterocycles. The molecule has 6 unspecified atom stereocenters. The van der Waals surface area contributed by atoms with Crippen molar-refractivity contribution in [2.24, 2.45) is 17.8 Å². The summed E-state index contributed by atoms with van der Waals surface area (Å²) in [5.74, 6) is 2.14. The number of alkyl halides is 2. The van der Waals surface area contributed by atoms with E-state index in [-0.39, 0.29) is 12.2 Å². The first-order chi connectivity index (χ1) is 12.2. The van der Waals surface area contributed by atoms with E-state index in [1.807, 2.05) is 6.07 Å². The summed E-state index contributed by atoms with van der Waals surface area (Å²) in [6.45, 7) is 2.20. The molecule has 0 aromatic heterocycles. The number of rotatable bonds is 8. The zero-order valence-electron chi connectivity index (χ0n) is 14.9. The summed E-state index contributed by atoms with van der Waals surface area (Å²) in [7, 11) is 0. The smallest absolute Gasteiger partial charge is 0.162 e. The van der Waals surface area contributed by atoms with Gasteiger partial charge in [0.1, 0.15) is 6.10 Å². The Bertz CT molecular complexity index is 562. The average molecular weight is 472 g/mol. The molecule has 6 atom stereocenters. The lowest BCUT2D eigenvalue weighted by atomic mass is 9.67. The molecule has 4 rings (SSSR count). The average Bonchev–Trinajstić information content (AvgIpc) is 2.67. The molecule has 4 heteroatoms. The van der Waals surface area contributed by atoms with Gasteiger partial charge in [0.05, 0.1) is 6.10 Å². The van der Waals surface area contributed by atoms with Crippen LogP contribution in [0.15, 0.2) is 30.3 Å². The second-order valence-corrected chi connectivity index (χ2v) is 8.92. The number of halogens is 2. The molecule has 25 heavy (non-hydrogen) atoms. The summed E-state index contributed by atoms with van der Waals surface area (Å²) in [5.41, 5.74) is 1.29. The van der Waals surface area contributed by atoms with Gasteiger partial charge in [-0.3, -0.25) is 4.79 Å². The van der Waals surface area contributed by atoms with Crippen molar-refractivity contribution in [2.75, 3.05) is 10.7 Å². The van der Waals surface area contributed by atoms with Crippen molar-refractivity contribution >= 4 is 37.6 Å². The molecule has 0 radical (unpaired) electrons. The first-order valence-electron chi connectivity index (χ1n) is 9.52. The molecule has 1 saturated carbocycles. The lowest BCUT2D eigenvalue weighted by Crippen LogP contribution is -2.54. The third kappa shape index (κ3) is 4.39. The van der Waals surface area contributed by atoms with Crippen LogP contribution in [0, 0.1) is 17.8 Å². The molecule has 1 aromatic carbocycles. The van der Waals surface area contributed by atoms with E-state index >= 15 is 0 Å². The summed E-state index contributed by atoms with van der Waals surface area (Å²) in [6.07, 6.45) is 5.02. The summed E-state index contributed by atoms with van der Waals surface area (Å²) < 4.78 is 6.30. The van der Waals surface area contributed by atoms with E-state index < -0.39 is 0 Å². The van der Waals surface area contributed by atoms with Gasteiger partial charge in [0.15, 0.2) is 5.78 Å². The predicted molar refractivity (Wildman–Crippen MR) is 110 cm³/mol. The van der Waals surface area contributed by atoms with Crippen molar-refractivity contribution in [3.05, 3.63) is 35.9 Å². The van der Waals surface area contributed by atoms with Crippen LogP contribution in [0.25, 0.3) is 0 Å². The lowest BCUT2D eigenvalue weighted by molar-refractivity contribution is -0.181. The zero-order chi connectivity index (χ0) is 17.8. The van der Waals surface area contributed by atoms with Crippen LogP contribution in [0.4, 0.5) is 0 Å². The van der Waals surface area contributed by atoms with Crippen LogP contribution in [0.3, 0.4) is 0 Å². The van der Waals surface area contributed by atoms with Crippen LogP contribution in [-0.2, 0) is 9.53 Å². The van der Waals surface area contributed by atoms with Crippen LogP contribution in [0.1, 0.15) is 50.5 Å². The fourth-order valence-corrected chi connectivity index (χ4v) is 6.09. The monoisotopic (exact) mass is 470 g/mol. The molecule has 3 fully saturated rings. The number of ether oxygens (including phenoxy) is 1. The molecular formula is C21H28Br2O2. The van der Waals surface area contributed by atoms with Crippen LogP contribution >= 0.6 is 31.9 Å². The Labute approximate surface area is 168 Å². The molecule has 0 N–H and O–H groups in total. The number of carbonyl (C=O) groups is 1. The van der Waals surface area contributed by atoms with Crippen molar-refractivity contribution in [3.8, 4) is 0 Å². The van der Waals surface area contributed by atoms with E-state index in [4.69, 9.17) is 4.74 Å². The van der Waals surface area contributed by atoms with E-state index in [1.165, 1.54) is 5.56 Å². The maximum atomic E-state index is 13.2. The minimum absolute atomic E-state index is 0.195. The van der Waals surface area contributed by atoms with Gasteiger partial charge < -0.3 is 4.74 Å². The van der Waals surface area contributed by atoms with Crippen molar-refractivity contribution < 1.29 is 9.53 Å². The van der Waals surface area contributed by atoms with E-state index in [0.29, 0.717) is 35.9 Å². The van der Waals surface area contributed by atoms with E-state index in [1.54, 1.807) is 0 Å².